The van der Waals surface area contributed by atoms with Gasteiger partial charge in [0.25, 0.3) is 0 Å². The lowest BCUT2D eigenvalue weighted by molar-refractivity contribution is -0.115. The van der Waals surface area contributed by atoms with Crippen molar-refractivity contribution in [1.82, 2.24) is 4.98 Å². The predicted molar refractivity (Wildman–Crippen MR) is 101 cm³/mol. The molecule has 122 valence electrons. The minimum atomic E-state index is -0.147. The number of aromatic nitrogens is 1. The van der Waals surface area contributed by atoms with E-state index in [0.717, 1.165) is 22.3 Å². The van der Waals surface area contributed by atoms with Crippen molar-refractivity contribution in [3.8, 4) is 0 Å². The molecule has 4 aromatic rings. The lowest BCUT2D eigenvalue weighted by atomic mass is 10.0. The van der Waals surface area contributed by atoms with Gasteiger partial charge in [-0.2, -0.15) is 0 Å². The number of H-pyrrole nitrogens is 1. The van der Waals surface area contributed by atoms with Crippen molar-refractivity contribution in [2.45, 2.75) is 6.42 Å². The van der Waals surface area contributed by atoms with Crippen LogP contribution in [0.1, 0.15) is 5.56 Å². The molecule has 25 heavy (non-hydrogen) atoms. The van der Waals surface area contributed by atoms with Crippen molar-refractivity contribution in [3.63, 3.8) is 0 Å². The van der Waals surface area contributed by atoms with Crippen LogP contribution < -0.4 is 10.7 Å². The lowest BCUT2D eigenvalue weighted by Crippen LogP contribution is -2.16. The Morgan fingerprint density at radius 2 is 1.56 bits per heavy atom. The Morgan fingerprint density at radius 1 is 0.840 bits per heavy atom. The fourth-order valence-corrected chi connectivity index (χ4v) is 3.09. The maximum absolute atomic E-state index is 12.9. The van der Waals surface area contributed by atoms with Crippen LogP contribution in [0.3, 0.4) is 0 Å². The molecule has 0 fully saturated rings. The largest absolute Gasteiger partial charge is 0.354 e. The predicted octanol–water partition coefficient (Wildman–Crippen LogP) is 3.86. The first-order chi connectivity index (χ1) is 12.2. The highest BCUT2D eigenvalue weighted by Gasteiger charge is 2.12. The number of benzene rings is 3. The maximum atomic E-state index is 12.9. The Balaban J connectivity index is 1.76. The van der Waals surface area contributed by atoms with E-state index in [9.17, 15) is 9.59 Å². The van der Waals surface area contributed by atoms with Gasteiger partial charge in [0.2, 0.25) is 5.91 Å². The zero-order valence-corrected chi connectivity index (χ0v) is 13.5. The van der Waals surface area contributed by atoms with Crippen LogP contribution in [0.5, 0.6) is 0 Å². The van der Waals surface area contributed by atoms with Crippen LogP contribution in [0, 0.1) is 0 Å². The number of rotatable bonds is 3. The van der Waals surface area contributed by atoms with Gasteiger partial charge in [-0.05, 0) is 35.9 Å². The monoisotopic (exact) mass is 328 g/mol. The van der Waals surface area contributed by atoms with Crippen LogP contribution in [0.15, 0.2) is 77.6 Å². The molecule has 4 rings (SSSR count). The smallest absolute Gasteiger partial charge is 0.228 e. The number of carbonyl (C=O) groups excluding carboxylic acids is 1. The molecular formula is C21H16N2O2. The summed E-state index contributed by atoms with van der Waals surface area (Å²) in [7, 11) is 0. The molecular weight excluding hydrogens is 312 g/mol. The third kappa shape index (κ3) is 2.90. The SMILES string of the molecule is O=C(Cc1cccc2[nH]c3ccccc3c(=O)c12)Nc1ccccc1. The molecule has 2 N–H and O–H groups in total. The molecule has 0 radical (unpaired) electrons. The highest BCUT2D eigenvalue weighted by Crippen LogP contribution is 2.19. The zero-order valence-electron chi connectivity index (χ0n) is 13.5. The number of hydrogen-bond donors (Lipinski definition) is 2. The Bertz CT molecular complexity index is 1130. The van der Waals surface area contributed by atoms with E-state index in [1.807, 2.05) is 66.7 Å². The summed E-state index contributed by atoms with van der Waals surface area (Å²) in [4.78, 5) is 28.6. The van der Waals surface area contributed by atoms with Crippen molar-refractivity contribution in [2.24, 2.45) is 0 Å². The number of carbonyl (C=O) groups is 1. The molecule has 0 aliphatic rings. The highest BCUT2D eigenvalue weighted by atomic mass is 16.1. The van der Waals surface area contributed by atoms with Crippen molar-refractivity contribution in [2.75, 3.05) is 5.32 Å². The molecule has 4 nitrogen and oxygen atoms in total. The van der Waals surface area contributed by atoms with Crippen LogP contribution in [0.4, 0.5) is 5.69 Å². The summed E-state index contributed by atoms with van der Waals surface area (Å²) < 4.78 is 0. The van der Waals surface area contributed by atoms with Gasteiger partial charge >= 0.3 is 0 Å². The van der Waals surface area contributed by atoms with E-state index in [1.54, 1.807) is 6.07 Å². The number of anilines is 1. The fraction of sp³-hybridized carbons (Fsp3) is 0.0476. The summed E-state index contributed by atoms with van der Waals surface area (Å²) in [6.45, 7) is 0. The second kappa shape index (κ2) is 6.24. The molecule has 1 heterocycles. The fourth-order valence-electron chi connectivity index (χ4n) is 3.09. The van der Waals surface area contributed by atoms with Gasteiger partial charge in [-0.25, -0.2) is 0 Å². The van der Waals surface area contributed by atoms with Crippen molar-refractivity contribution in [3.05, 3.63) is 88.6 Å². The van der Waals surface area contributed by atoms with E-state index >= 15 is 0 Å². The van der Waals surface area contributed by atoms with Crippen molar-refractivity contribution < 1.29 is 4.79 Å². The number of para-hydroxylation sites is 2. The number of pyridine rings is 1. The summed E-state index contributed by atoms with van der Waals surface area (Å²) in [6.07, 6.45) is 0.146. The first-order valence-corrected chi connectivity index (χ1v) is 8.10. The molecule has 0 unspecified atom stereocenters. The third-order valence-corrected chi connectivity index (χ3v) is 4.23. The van der Waals surface area contributed by atoms with Gasteiger partial charge in [0.1, 0.15) is 0 Å². The molecule has 1 amide bonds. The summed E-state index contributed by atoms with van der Waals surface area (Å²) in [5, 5.41) is 4.06. The molecule has 0 spiro atoms. The van der Waals surface area contributed by atoms with Crippen LogP contribution in [-0.4, -0.2) is 10.9 Å². The second-order valence-electron chi connectivity index (χ2n) is 5.93. The van der Waals surface area contributed by atoms with Crippen molar-refractivity contribution >= 4 is 33.4 Å². The molecule has 0 bridgehead atoms. The standard InChI is InChI=1S/C21H16N2O2/c24-19(22-15-8-2-1-3-9-15)13-14-7-6-12-18-20(14)21(25)16-10-4-5-11-17(16)23-18/h1-12H,13H2,(H,22,24)(H,23,25). The highest BCUT2D eigenvalue weighted by molar-refractivity contribution is 5.98. The van der Waals surface area contributed by atoms with Crippen LogP contribution in [0.25, 0.3) is 21.8 Å². The molecule has 4 heteroatoms. The molecule has 0 saturated carbocycles. The van der Waals surface area contributed by atoms with Gasteiger partial charge in [-0.3, -0.25) is 9.59 Å². The molecule has 0 aliphatic carbocycles. The zero-order chi connectivity index (χ0) is 17.2. The Kier molecular flexibility index (Phi) is 3.78. The number of aromatic amines is 1. The van der Waals surface area contributed by atoms with Gasteiger partial charge in [-0.15, -0.1) is 0 Å². The van der Waals surface area contributed by atoms with Crippen LogP contribution >= 0.6 is 0 Å². The molecule has 3 aromatic carbocycles. The molecule has 0 saturated heterocycles. The third-order valence-electron chi connectivity index (χ3n) is 4.23. The van der Waals surface area contributed by atoms with Crippen LogP contribution in [0.2, 0.25) is 0 Å². The minimum absolute atomic E-state index is 0.0486. The topological polar surface area (TPSA) is 62.0 Å². The van der Waals surface area contributed by atoms with E-state index in [1.165, 1.54) is 0 Å². The van der Waals surface area contributed by atoms with Gasteiger partial charge in [0.05, 0.1) is 11.9 Å². The number of hydrogen-bond acceptors (Lipinski definition) is 2. The number of fused-ring (bicyclic) bond motifs is 2. The van der Waals surface area contributed by atoms with Gasteiger partial charge in [-0.1, -0.05) is 42.5 Å². The number of amides is 1. The van der Waals surface area contributed by atoms with Crippen LogP contribution in [-0.2, 0) is 11.2 Å². The Morgan fingerprint density at radius 3 is 2.40 bits per heavy atom. The average Bonchev–Trinajstić information content (AvgIpc) is 2.63. The van der Waals surface area contributed by atoms with E-state index in [2.05, 4.69) is 10.3 Å². The second-order valence-corrected chi connectivity index (χ2v) is 5.93. The quantitative estimate of drug-likeness (QED) is 0.561. The Labute approximate surface area is 144 Å². The van der Waals surface area contributed by atoms with E-state index in [0.29, 0.717) is 10.8 Å². The molecule has 0 atom stereocenters. The summed E-state index contributed by atoms with van der Waals surface area (Å²) >= 11 is 0. The summed E-state index contributed by atoms with van der Waals surface area (Å²) in [5.41, 5.74) is 2.96. The first-order valence-electron chi connectivity index (χ1n) is 8.10. The van der Waals surface area contributed by atoms with Crippen molar-refractivity contribution in [1.29, 1.82) is 0 Å². The first kappa shape index (κ1) is 15.1. The lowest BCUT2D eigenvalue weighted by Gasteiger charge is -2.09. The van der Waals surface area contributed by atoms with Gasteiger partial charge in [0, 0.05) is 22.0 Å². The van der Waals surface area contributed by atoms with E-state index in [4.69, 9.17) is 0 Å². The molecule has 1 aromatic heterocycles. The van der Waals surface area contributed by atoms with Gasteiger partial charge in [0.15, 0.2) is 5.43 Å². The number of nitrogens with one attached hydrogen (secondary N) is 2. The minimum Gasteiger partial charge on any atom is -0.354 e. The van der Waals surface area contributed by atoms with E-state index < -0.39 is 0 Å². The average molecular weight is 328 g/mol. The Hall–Kier alpha value is -3.40. The summed E-state index contributed by atoms with van der Waals surface area (Å²) in [6, 6.07) is 22.3. The maximum Gasteiger partial charge on any atom is 0.228 e. The normalized spacial score (nSPS) is 10.9. The summed E-state index contributed by atoms with van der Waals surface area (Å²) in [5.74, 6) is -0.147. The molecule has 0 aliphatic heterocycles. The van der Waals surface area contributed by atoms with Gasteiger partial charge < -0.3 is 10.3 Å². The van der Waals surface area contributed by atoms with E-state index in [-0.39, 0.29) is 17.8 Å².